The van der Waals surface area contributed by atoms with Gasteiger partial charge in [0, 0.05) is 47.8 Å². The molecule has 1 aliphatic rings. The third-order valence-electron chi connectivity index (χ3n) is 4.38. The second-order valence-electron chi connectivity index (χ2n) is 6.04. The van der Waals surface area contributed by atoms with Gasteiger partial charge in [-0.05, 0) is 54.6 Å². The Morgan fingerprint density at radius 2 is 1.88 bits per heavy atom. The Bertz CT molecular complexity index is 760. The third-order valence-corrected chi connectivity index (χ3v) is 5.60. The molecule has 0 unspecified atom stereocenters. The van der Waals surface area contributed by atoms with Crippen molar-refractivity contribution in [3.05, 3.63) is 56.7 Å². The van der Waals surface area contributed by atoms with Crippen LogP contribution in [0.2, 0.25) is 5.02 Å². The number of amides is 1. The van der Waals surface area contributed by atoms with Crippen LogP contribution in [0.1, 0.15) is 16.0 Å². The summed E-state index contributed by atoms with van der Waals surface area (Å²) in [4.78, 5) is 17.7. The molecule has 0 atom stereocenters. The van der Waals surface area contributed by atoms with Crippen LogP contribution in [0, 0.1) is 13.8 Å². The number of hydrogen-bond acceptors (Lipinski definition) is 3. The van der Waals surface area contributed by atoms with E-state index in [4.69, 9.17) is 11.6 Å². The number of anilines is 1. The number of carbonyl (C=O) groups is 1. The summed E-state index contributed by atoms with van der Waals surface area (Å²) in [6.45, 7) is 7.29. The predicted octanol–water partition coefficient (Wildman–Crippen LogP) is 4.38. The Balaban J connectivity index is 1.60. The van der Waals surface area contributed by atoms with E-state index in [1.807, 2.05) is 34.6 Å². The molecule has 1 saturated heterocycles. The van der Waals surface area contributed by atoms with Gasteiger partial charge in [0.05, 0.1) is 0 Å². The first kappa shape index (κ1) is 17.1. The molecule has 3 rings (SSSR count). The van der Waals surface area contributed by atoms with Gasteiger partial charge in [-0.1, -0.05) is 17.7 Å². The van der Waals surface area contributed by atoms with Crippen molar-refractivity contribution in [1.29, 1.82) is 0 Å². The van der Waals surface area contributed by atoms with Gasteiger partial charge in [0.25, 0.3) is 0 Å². The lowest BCUT2D eigenvalue weighted by atomic mass is 10.1. The van der Waals surface area contributed by atoms with Gasteiger partial charge in [-0.15, -0.1) is 11.3 Å². The van der Waals surface area contributed by atoms with Crippen molar-refractivity contribution in [2.24, 2.45) is 0 Å². The molecule has 1 amide bonds. The molecule has 1 aromatic heterocycles. The average Bonchev–Trinajstić information content (AvgIpc) is 3.00. The molecular weight excluding hydrogens is 340 g/mol. The largest absolute Gasteiger partial charge is 0.368 e. The molecule has 0 spiro atoms. The minimum Gasteiger partial charge on any atom is -0.368 e. The molecule has 1 fully saturated rings. The van der Waals surface area contributed by atoms with Gasteiger partial charge in [-0.3, -0.25) is 4.79 Å². The minimum absolute atomic E-state index is 0.0882. The maximum atomic E-state index is 12.4. The highest BCUT2D eigenvalue weighted by Gasteiger charge is 2.21. The van der Waals surface area contributed by atoms with Crippen LogP contribution in [0.5, 0.6) is 0 Å². The van der Waals surface area contributed by atoms with Crippen molar-refractivity contribution in [3.63, 3.8) is 0 Å². The van der Waals surface area contributed by atoms with E-state index >= 15 is 0 Å². The number of piperazine rings is 1. The van der Waals surface area contributed by atoms with Crippen molar-refractivity contribution in [3.8, 4) is 0 Å². The number of aryl methyl sites for hydroxylation is 2. The van der Waals surface area contributed by atoms with E-state index in [1.54, 1.807) is 17.4 Å². The fraction of sp³-hybridized carbons (Fsp3) is 0.316. The average molecular weight is 361 g/mol. The zero-order chi connectivity index (χ0) is 17.1. The van der Waals surface area contributed by atoms with E-state index in [-0.39, 0.29) is 5.91 Å². The normalized spacial score (nSPS) is 15.3. The number of nitrogens with zero attached hydrogens (tertiary/aromatic N) is 2. The SMILES string of the molecule is Cc1ccc(Cl)cc1N1CCN(C(=O)/C=C/c2sccc2C)CC1. The summed E-state index contributed by atoms with van der Waals surface area (Å²) in [5.74, 6) is 0.0882. The summed E-state index contributed by atoms with van der Waals surface area (Å²) in [6, 6.07) is 8.04. The van der Waals surface area contributed by atoms with Crippen LogP contribution in [-0.4, -0.2) is 37.0 Å². The Hall–Kier alpha value is -1.78. The maximum Gasteiger partial charge on any atom is 0.246 e. The first-order chi connectivity index (χ1) is 11.5. The number of thiophene rings is 1. The second kappa shape index (κ2) is 7.41. The van der Waals surface area contributed by atoms with Crippen molar-refractivity contribution >= 4 is 40.6 Å². The first-order valence-electron chi connectivity index (χ1n) is 8.07. The lowest BCUT2D eigenvalue weighted by molar-refractivity contribution is -0.126. The van der Waals surface area contributed by atoms with E-state index < -0.39 is 0 Å². The number of hydrogen-bond donors (Lipinski definition) is 0. The zero-order valence-corrected chi connectivity index (χ0v) is 15.5. The van der Waals surface area contributed by atoms with Gasteiger partial charge < -0.3 is 9.80 Å². The van der Waals surface area contributed by atoms with Crippen molar-refractivity contribution in [1.82, 2.24) is 4.90 Å². The molecule has 0 saturated carbocycles. The van der Waals surface area contributed by atoms with E-state index in [2.05, 4.69) is 24.8 Å². The van der Waals surface area contributed by atoms with Crippen LogP contribution in [0.3, 0.4) is 0 Å². The van der Waals surface area contributed by atoms with Gasteiger partial charge >= 0.3 is 0 Å². The van der Waals surface area contributed by atoms with Crippen LogP contribution in [0.25, 0.3) is 6.08 Å². The lowest BCUT2D eigenvalue weighted by Crippen LogP contribution is -2.48. The minimum atomic E-state index is 0.0882. The molecule has 1 aromatic carbocycles. The zero-order valence-electron chi connectivity index (χ0n) is 14.0. The number of benzene rings is 1. The van der Waals surface area contributed by atoms with Gasteiger partial charge in [-0.2, -0.15) is 0 Å². The fourth-order valence-corrected chi connectivity index (χ4v) is 3.88. The molecule has 0 aliphatic carbocycles. The van der Waals surface area contributed by atoms with Crippen molar-refractivity contribution in [2.45, 2.75) is 13.8 Å². The third kappa shape index (κ3) is 3.82. The molecule has 3 nitrogen and oxygen atoms in total. The van der Waals surface area contributed by atoms with E-state index in [0.717, 1.165) is 36.1 Å². The number of rotatable bonds is 3. The van der Waals surface area contributed by atoms with Crippen molar-refractivity contribution in [2.75, 3.05) is 31.1 Å². The molecule has 0 bridgehead atoms. The molecule has 5 heteroatoms. The summed E-state index contributed by atoms with van der Waals surface area (Å²) in [7, 11) is 0. The molecular formula is C19H21ClN2OS. The quantitative estimate of drug-likeness (QED) is 0.758. The molecule has 2 aromatic rings. The van der Waals surface area contributed by atoms with E-state index in [0.29, 0.717) is 0 Å². The van der Waals surface area contributed by atoms with Crippen LogP contribution < -0.4 is 4.90 Å². The van der Waals surface area contributed by atoms with E-state index in [9.17, 15) is 4.79 Å². The van der Waals surface area contributed by atoms with Crippen LogP contribution in [-0.2, 0) is 4.79 Å². The Kier molecular flexibility index (Phi) is 5.27. The number of carbonyl (C=O) groups excluding carboxylic acids is 1. The summed E-state index contributed by atoms with van der Waals surface area (Å²) in [6.07, 6.45) is 3.62. The molecule has 0 radical (unpaired) electrons. The van der Waals surface area contributed by atoms with Gasteiger partial charge in [0.2, 0.25) is 5.91 Å². The van der Waals surface area contributed by atoms with Gasteiger partial charge in [0.1, 0.15) is 0 Å². The maximum absolute atomic E-state index is 12.4. The number of halogens is 1. The second-order valence-corrected chi connectivity index (χ2v) is 7.43. The Morgan fingerprint density at radius 3 is 2.54 bits per heavy atom. The summed E-state index contributed by atoms with van der Waals surface area (Å²) >= 11 is 7.78. The Morgan fingerprint density at radius 1 is 1.12 bits per heavy atom. The summed E-state index contributed by atoms with van der Waals surface area (Å²) < 4.78 is 0. The highest BCUT2D eigenvalue weighted by atomic mass is 35.5. The Labute approximate surface area is 152 Å². The monoisotopic (exact) mass is 360 g/mol. The molecule has 0 N–H and O–H groups in total. The van der Waals surface area contributed by atoms with E-state index in [1.165, 1.54) is 16.8 Å². The smallest absolute Gasteiger partial charge is 0.246 e. The summed E-state index contributed by atoms with van der Waals surface area (Å²) in [5.41, 5.74) is 3.59. The van der Waals surface area contributed by atoms with Crippen LogP contribution in [0.15, 0.2) is 35.7 Å². The van der Waals surface area contributed by atoms with Gasteiger partial charge in [0.15, 0.2) is 0 Å². The van der Waals surface area contributed by atoms with Crippen LogP contribution in [0.4, 0.5) is 5.69 Å². The standard InChI is InChI=1S/C19H21ClN2OS/c1-14-3-4-16(20)13-17(14)21-8-10-22(11-9-21)19(23)6-5-18-15(2)7-12-24-18/h3-7,12-13H,8-11H2,1-2H3/b6-5+. The highest BCUT2D eigenvalue weighted by Crippen LogP contribution is 2.25. The fourth-order valence-electron chi connectivity index (χ4n) is 2.90. The first-order valence-corrected chi connectivity index (χ1v) is 9.32. The van der Waals surface area contributed by atoms with Crippen molar-refractivity contribution < 1.29 is 4.79 Å². The van der Waals surface area contributed by atoms with Gasteiger partial charge in [-0.25, -0.2) is 0 Å². The van der Waals surface area contributed by atoms with Crippen LogP contribution >= 0.6 is 22.9 Å². The topological polar surface area (TPSA) is 23.6 Å². The molecule has 126 valence electrons. The molecule has 1 aliphatic heterocycles. The summed E-state index contributed by atoms with van der Waals surface area (Å²) in [5, 5.41) is 2.80. The molecule has 2 heterocycles. The molecule has 24 heavy (non-hydrogen) atoms. The highest BCUT2D eigenvalue weighted by molar-refractivity contribution is 7.11. The lowest BCUT2D eigenvalue weighted by Gasteiger charge is -2.36. The predicted molar refractivity (Wildman–Crippen MR) is 103 cm³/mol.